The molecule has 4 saturated heterocycles. The van der Waals surface area contributed by atoms with Crippen molar-refractivity contribution in [2.24, 2.45) is 0 Å². The number of rotatable bonds is 9. The first-order valence-electron chi connectivity index (χ1n) is 14.0. The molecule has 0 aromatic carbocycles. The van der Waals surface area contributed by atoms with Crippen molar-refractivity contribution in [3.63, 3.8) is 0 Å². The highest BCUT2D eigenvalue weighted by Gasteiger charge is 2.53. The number of fused-ring (bicyclic) bond motifs is 4. The lowest BCUT2D eigenvalue weighted by Crippen LogP contribution is -2.50. The van der Waals surface area contributed by atoms with Crippen molar-refractivity contribution < 1.29 is 31.0 Å². The summed E-state index contributed by atoms with van der Waals surface area (Å²) < 4.78 is 73.7. The Bertz CT molecular complexity index is 1180. The van der Waals surface area contributed by atoms with E-state index in [2.05, 4.69) is 9.97 Å². The van der Waals surface area contributed by atoms with E-state index < -0.39 is 20.0 Å². The summed E-state index contributed by atoms with van der Waals surface area (Å²) in [6.07, 6.45) is 10.1. The summed E-state index contributed by atoms with van der Waals surface area (Å²) in [5.41, 5.74) is 0. The minimum atomic E-state index is -3.21. The van der Waals surface area contributed by atoms with E-state index in [1.165, 1.54) is 13.4 Å². The Morgan fingerprint density at radius 1 is 0.658 bits per heavy atom. The van der Waals surface area contributed by atoms with Gasteiger partial charge in [0.05, 0.1) is 17.6 Å². The van der Waals surface area contributed by atoms with Crippen LogP contribution in [0.3, 0.4) is 0 Å². The van der Waals surface area contributed by atoms with Crippen LogP contribution in [0.25, 0.3) is 0 Å². The Balaban J connectivity index is 1.03. The molecule has 38 heavy (non-hydrogen) atoms. The van der Waals surface area contributed by atoms with Gasteiger partial charge in [-0.1, -0.05) is 0 Å². The molecule has 5 heterocycles. The molecule has 0 radical (unpaired) electrons. The van der Waals surface area contributed by atoms with Crippen LogP contribution in [0.5, 0.6) is 17.5 Å². The van der Waals surface area contributed by atoms with Crippen LogP contribution in [0.4, 0.5) is 0 Å². The molecular weight excluding hydrogens is 532 g/mol. The molecular formula is C25H36N4O7S2. The molecule has 210 valence electrons. The van der Waals surface area contributed by atoms with Gasteiger partial charge in [0.25, 0.3) is 11.8 Å². The van der Waals surface area contributed by atoms with Gasteiger partial charge in [-0.15, -0.1) is 0 Å². The fraction of sp³-hybridized carbons (Fsp3) is 0.840. The van der Waals surface area contributed by atoms with Crippen LogP contribution < -0.4 is 14.2 Å². The van der Waals surface area contributed by atoms with E-state index in [9.17, 15) is 16.8 Å². The second-order valence-electron chi connectivity index (χ2n) is 11.9. The summed E-state index contributed by atoms with van der Waals surface area (Å²) in [5, 5.41) is -0.388. The van der Waals surface area contributed by atoms with E-state index in [-0.39, 0.29) is 46.9 Å². The number of sulfonamides is 2. The Labute approximate surface area is 224 Å². The highest BCUT2D eigenvalue weighted by Crippen LogP contribution is 2.46. The third-order valence-electron chi connectivity index (χ3n) is 9.22. The van der Waals surface area contributed by atoms with Crippen LogP contribution in [-0.2, 0) is 20.0 Å². The maximum atomic E-state index is 13.0. The van der Waals surface area contributed by atoms with Crippen molar-refractivity contribution in [2.75, 3.05) is 7.11 Å². The predicted octanol–water partition coefficient (Wildman–Crippen LogP) is 2.22. The van der Waals surface area contributed by atoms with E-state index in [4.69, 9.17) is 14.2 Å². The first-order valence-corrected chi connectivity index (χ1v) is 17.0. The molecule has 0 N–H and O–H groups in total. The molecule has 7 rings (SSSR count). The van der Waals surface area contributed by atoms with E-state index in [0.29, 0.717) is 43.2 Å². The predicted molar refractivity (Wildman–Crippen MR) is 137 cm³/mol. The van der Waals surface area contributed by atoms with Crippen LogP contribution in [-0.4, -0.2) is 89.4 Å². The number of piperidine rings is 2. The summed E-state index contributed by atoms with van der Waals surface area (Å²) in [4.78, 5) is 8.66. The zero-order chi connectivity index (χ0) is 26.2. The lowest BCUT2D eigenvalue weighted by Gasteiger charge is -2.38. The molecule has 4 bridgehead atoms. The van der Waals surface area contributed by atoms with E-state index in [1.807, 2.05) is 0 Å². The third-order valence-corrected chi connectivity index (χ3v) is 14.2. The average Bonchev–Trinajstić information content (AvgIpc) is 3.79. The molecule has 11 nitrogen and oxygen atoms in total. The average molecular weight is 569 g/mol. The largest absolute Gasteiger partial charge is 0.487 e. The quantitative estimate of drug-likeness (QED) is 0.440. The van der Waals surface area contributed by atoms with Gasteiger partial charge in [0.1, 0.15) is 18.5 Å². The lowest BCUT2D eigenvalue weighted by atomic mass is 10.0. The normalized spacial score (nSPS) is 35.8. The van der Waals surface area contributed by atoms with Crippen molar-refractivity contribution in [3.8, 4) is 17.5 Å². The number of nitrogens with zero attached hydrogens (tertiary/aromatic N) is 4. The molecule has 5 atom stereocenters. The zero-order valence-electron chi connectivity index (χ0n) is 21.6. The minimum Gasteiger partial charge on any atom is -0.487 e. The van der Waals surface area contributed by atoms with Crippen molar-refractivity contribution in [2.45, 2.75) is 124 Å². The van der Waals surface area contributed by atoms with Crippen LogP contribution >= 0.6 is 0 Å². The van der Waals surface area contributed by atoms with Crippen molar-refractivity contribution in [3.05, 3.63) is 6.33 Å². The molecule has 4 aliphatic heterocycles. The number of ether oxygens (including phenoxy) is 3. The van der Waals surface area contributed by atoms with Crippen LogP contribution in [0.15, 0.2) is 6.33 Å². The van der Waals surface area contributed by atoms with Gasteiger partial charge < -0.3 is 14.2 Å². The molecule has 2 aliphatic carbocycles. The SMILES string of the molecule is COc1c(OC2CC3CCC(C2)N3S(=O)(=O)C2CC2)ncnc1O[C@@H]1C[C@H]2CC[C@@H](C1)N2S(=O)(=O)C1CC1. The van der Waals surface area contributed by atoms with Crippen molar-refractivity contribution in [1.29, 1.82) is 0 Å². The smallest absolute Gasteiger partial charge is 0.264 e. The van der Waals surface area contributed by atoms with Crippen molar-refractivity contribution >= 4 is 20.0 Å². The lowest BCUT2D eigenvalue weighted by molar-refractivity contribution is 0.0790. The van der Waals surface area contributed by atoms with Gasteiger partial charge in [0.15, 0.2) is 0 Å². The second kappa shape index (κ2) is 9.17. The first kappa shape index (κ1) is 25.3. The molecule has 1 aromatic rings. The monoisotopic (exact) mass is 568 g/mol. The van der Waals surface area contributed by atoms with Gasteiger partial charge in [-0.25, -0.2) is 16.8 Å². The fourth-order valence-corrected chi connectivity index (χ4v) is 11.8. The van der Waals surface area contributed by atoms with Gasteiger partial charge in [-0.2, -0.15) is 18.6 Å². The van der Waals surface area contributed by atoms with Gasteiger partial charge in [0, 0.05) is 49.9 Å². The van der Waals surface area contributed by atoms with Crippen LogP contribution in [0.2, 0.25) is 0 Å². The summed E-state index contributed by atoms with van der Waals surface area (Å²) in [7, 11) is -4.89. The van der Waals surface area contributed by atoms with Crippen LogP contribution in [0, 0.1) is 0 Å². The molecule has 2 unspecified atom stereocenters. The Kier molecular flexibility index (Phi) is 6.10. The number of aromatic nitrogens is 2. The van der Waals surface area contributed by atoms with Gasteiger partial charge in [0.2, 0.25) is 25.8 Å². The first-order chi connectivity index (χ1) is 18.3. The maximum Gasteiger partial charge on any atom is 0.264 e. The van der Waals surface area contributed by atoms with E-state index >= 15 is 0 Å². The standard InChI is InChI=1S/C25H36N4O7S2/c1-34-23-24(35-19-10-15-2-3-16(11-19)28(15)37(30,31)21-6-7-21)26-14-27-25(23)36-20-12-17-4-5-18(13-20)29(17)38(32,33)22-8-9-22/h14-22H,2-13H2,1H3/t15-,16+,17?,18?,19-,20?. The Hall–Kier alpha value is -1.70. The van der Waals surface area contributed by atoms with Crippen LogP contribution in [0.1, 0.15) is 77.0 Å². The topological polar surface area (TPSA) is 128 Å². The highest BCUT2D eigenvalue weighted by atomic mass is 32.2. The summed E-state index contributed by atoms with van der Waals surface area (Å²) in [6.45, 7) is 0. The van der Waals surface area contributed by atoms with E-state index in [0.717, 1.165) is 51.4 Å². The molecule has 2 saturated carbocycles. The molecule has 1 aromatic heterocycles. The summed E-state index contributed by atoms with van der Waals surface area (Å²) >= 11 is 0. The number of hydrogen-bond acceptors (Lipinski definition) is 9. The minimum absolute atomic E-state index is 0.0273. The molecule has 0 spiro atoms. The highest BCUT2D eigenvalue weighted by molar-refractivity contribution is 7.90. The number of methoxy groups -OCH3 is 1. The third kappa shape index (κ3) is 4.28. The van der Waals surface area contributed by atoms with E-state index in [1.54, 1.807) is 8.61 Å². The summed E-state index contributed by atoms with van der Waals surface area (Å²) in [5.74, 6) is 0.933. The Morgan fingerprint density at radius 3 is 1.34 bits per heavy atom. The van der Waals surface area contributed by atoms with Gasteiger partial charge in [-0.3, -0.25) is 0 Å². The molecule has 6 aliphatic rings. The van der Waals surface area contributed by atoms with Gasteiger partial charge >= 0.3 is 0 Å². The second-order valence-corrected chi connectivity index (χ2v) is 16.1. The van der Waals surface area contributed by atoms with Gasteiger partial charge in [-0.05, 0) is 51.4 Å². The molecule has 13 heteroatoms. The summed E-state index contributed by atoms with van der Waals surface area (Å²) in [6, 6.07) is -0.109. The molecule has 0 amide bonds. The fourth-order valence-electron chi connectivity index (χ4n) is 7.27. The zero-order valence-corrected chi connectivity index (χ0v) is 23.3. The Morgan fingerprint density at radius 2 is 1.03 bits per heavy atom. The molecule has 6 fully saturated rings. The van der Waals surface area contributed by atoms with Crippen molar-refractivity contribution in [1.82, 2.24) is 18.6 Å². The maximum absolute atomic E-state index is 13.0. The number of hydrogen-bond donors (Lipinski definition) is 0.